The summed E-state index contributed by atoms with van der Waals surface area (Å²) in [5, 5.41) is 2.41. The van der Waals surface area contributed by atoms with Crippen molar-refractivity contribution in [1.82, 2.24) is 4.98 Å². The Morgan fingerprint density at radius 3 is 2.84 bits per heavy atom. The molecule has 2 rings (SSSR count). The molecule has 2 heterocycles. The first-order chi connectivity index (χ1) is 9.04. The molecule has 0 saturated heterocycles. The van der Waals surface area contributed by atoms with Gasteiger partial charge in [0.1, 0.15) is 4.88 Å². The van der Waals surface area contributed by atoms with Crippen LogP contribution in [-0.2, 0) is 4.74 Å². The normalized spacial score (nSPS) is 11.0. The number of rotatable bonds is 4. The SMILES string of the molecule is CCOC(=O)c1oc(-c2sccc2Cl)nc1C(C)C. The molecule has 0 aliphatic rings. The van der Waals surface area contributed by atoms with Gasteiger partial charge >= 0.3 is 5.97 Å². The Hall–Kier alpha value is -1.33. The maximum Gasteiger partial charge on any atom is 0.376 e. The highest BCUT2D eigenvalue weighted by atomic mass is 35.5. The van der Waals surface area contributed by atoms with Gasteiger partial charge in [-0.3, -0.25) is 0 Å². The van der Waals surface area contributed by atoms with Crippen molar-refractivity contribution in [3.05, 3.63) is 27.9 Å². The Morgan fingerprint density at radius 1 is 1.58 bits per heavy atom. The fourth-order valence-corrected chi connectivity index (χ4v) is 2.67. The molecule has 0 aliphatic carbocycles. The minimum atomic E-state index is -0.488. The molecule has 0 aliphatic heterocycles. The molecule has 0 aromatic carbocycles. The molecular weight excluding hydrogens is 286 g/mol. The highest BCUT2D eigenvalue weighted by molar-refractivity contribution is 7.14. The van der Waals surface area contributed by atoms with E-state index in [2.05, 4.69) is 4.98 Å². The topological polar surface area (TPSA) is 52.3 Å². The number of esters is 1. The van der Waals surface area contributed by atoms with E-state index in [1.807, 2.05) is 19.2 Å². The second kappa shape index (κ2) is 5.75. The monoisotopic (exact) mass is 299 g/mol. The summed E-state index contributed by atoms with van der Waals surface area (Å²) in [6.07, 6.45) is 0. The summed E-state index contributed by atoms with van der Waals surface area (Å²) in [4.78, 5) is 16.9. The number of nitrogens with zero attached hydrogens (tertiary/aromatic N) is 1. The lowest BCUT2D eigenvalue weighted by molar-refractivity contribution is 0.0489. The van der Waals surface area contributed by atoms with Gasteiger partial charge in [-0.2, -0.15) is 0 Å². The standard InChI is InChI=1S/C13H14ClNO3S/c1-4-17-13(16)10-9(7(2)3)15-12(18-10)11-8(14)5-6-19-11/h5-7H,4H2,1-3H3. The Balaban J connectivity index is 2.46. The van der Waals surface area contributed by atoms with E-state index in [1.165, 1.54) is 11.3 Å². The second-order valence-electron chi connectivity index (χ2n) is 4.21. The number of carbonyl (C=O) groups is 1. The summed E-state index contributed by atoms with van der Waals surface area (Å²) in [7, 11) is 0. The average Bonchev–Trinajstić information content (AvgIpc) is 2.94. The molecule has 102 valence electrons. The highest BCUT2D eigenvalue weighted by Gasteiger charge is 2.25. The zero-order valence-electron chi connectivity index (χ0n) is 10.9. The first-order valence-electron chi connectivity index (χ1n) is 5.95. The zero-order chi connectivity index (χ0) is 14.0. The number of hydrogen-bond acceptors (Lipinski definition) is 5. The molecule has 0 radical (unpaired) electrons. The Kier molecular flexibility index (Phi) is 4.27. The number of aromatic nitrogens is 1. The van der Waals surface area contributed by atoms with Crippen molar-refractivity contribution < 1.29 is 13.9 Å². The van der Waals surface area contributed by atoms with Gasteiger partial charge in [-0.1, -0.05) is 25.4 Å². The average molecular weight is 300 g/mol. The fraction of sp³-hybridized carbons (Fsp3) is 0.385. The summed E-state index contributed by atoms with van der Waals surface area (Å²) < 4.78 is 10.5. The summed E-state index contributed by atoms with van der Waals surface area (Å²) in [6, 6.07) is 1.77. The molecule has 0 bridgehead atoms. The molecular formula is C13H14ClNO3S. The number of carbonyl (C=O) groups excluding carboxylic acids is 1. The summed E-state index contributed by atoms with van der Waals surface area (Å²) in [5.74, 6) is 0.108. The fourth-order valence-electron chi connectivity index (χ4n) is 1.61. The highest BCUT2D eigenvalue weighted by Crippen LogP contribution is 2.35. The van der Waals surface area contributed by atoms with Gasteiger partial charge in [0.05, 0.1) is 17.3 Å². The van der Waals surface area contributed by atoms with Gasteiger partial charge in [-0.05, 0) is 24.3 Å². The van der Waals surface area contributed by atoms with E-state index >= 15 is 0 Å². The Labute approximate surface area is 120 Å². The van der Waals surface area contributed by atoms with Crippen LogP contribution < -0.4 is 0 Å². The lowest BCUT2D eigenvalue weighted by Gasteiger charge is -2.02. The van der Waals surface area contributed by atoms with Gasteiger partial charge in [-0.15, -0.1) is 11.3 Å². The van der Waals surface area contributed by atoms with Crippen molar-refractivity contribution in [2.45, 2.75) is 26.7 Å². The third-order valence-electron chi connectivity index (χ3n) is 2.47. The van der Waals surface area contributed by atoms with Gasteiger partial charge in [0.25, 0.3) is 0 Å². The van der Waals surface area contributed by atoms with Gasteiger partial charge in [0.15, 0.2) is 0 Å². The molecule has 0 N–H and O–H groups in total. The van der Waals surface area contributed by atoms with E-state index in [0.29, 0.717) is 23.2 Å². The van der Waals surface area contributed by atoms with E-state index in [4.69, 9.17) is 20.8 Å². The quantitative estimate of drug-likeness (QED) is 0.787. The predicted octanol–water partition coefficient (Wildman–Crippen LogP) is 4.36. The lowest BCUT2D eigenvalue weighted by atomic mass is 10.1. The molecule has 6 heteroatoms. The maximum atomic E-state index is 11.9. The van der Waals surface area contributed by atoms with E-state index in [9.17, 15) is 4.79 Å². The molecule has 0 atom stereocenters. The van der Waals surface area contributed by atoms with E-state index < -0.39 is 5.97 Å². The Morgan fingerprint density at radius 2 is 2.32 bits per heavy atom. The molecule has 0 fully saturated rings. The second-order valence-corrected chi connectivity index (χ2v) is 5.53. The molecule has 0 spiro atoms. The van der Waals surface area contributed by atoms with Crippen molar-refractivity contribution in [3.8, 4) is 10.8 Å². The van der Waals surface area contributed by atoms with Gasteiger partial charge in [-0.25, -0.2) is 9.78 Å². The van der Waals surface area contributed by atoms with Crippen molar-refractivity contribution in [3.63, 3.8) is 0 Å². The number of halogens is 1. The minimum absolute atomic E-state index is 0.0654. The molecule has 4 nitrogen and oxygen atoms in total. The van der Waals surface area contributed by atoms with Crippen LogP contribution in [0.1, 0.15) is 42.9 Å². The van der Waals surface area contributed by atoms with E-state index in [-0.39, 0.29) is 11.7 Å². The minimum Gasteiger partial charge on any atom is -0.460 e. The largest absolute Gasteiger partial charge is 0.460 e. The third kappa shape index (κ3) is 2.82. The van der Waals surface area contributed by atoms with E-state index in [0.717, 1.165) is 4.88 Å². The van der Waals surface area contributed by atoms with Crippen molar-refractivity contribution in [1.29, 1.82) is 0 Å². The van der Waals surface area contributed by atoms with Crippen LogP contribution in [0.25, 0.3) is 10.8 Å². The van der Waals surface area contributed by atoms with Crippen LogP contribution in [0.2, 0.25) is 5.02 Å². The van der Waals surface area contributed by atoms with Crippen LogP contribution in [0, 0.1) is 0 Å². The van der Waals surface area contributed by atoms with Crippen molar-refractivity contribution in [2.24, 2.45) is 0 Å². The molecule has 0 unspecified atom stereocenters. The summed E-state index contributed by atoms with van der Waals surface area (Å²) >= 11 is 7.47. The first-order valence-corrected chi connectivity index (χ1v) is 7.21. The summed E-state index contributed by atoms with van der Waals surface area (Å²) in [6.45, 7) is 5.94. The zero-order valence-corrected chi connectivity index (χ0v) is 12.5. The smallest absolute Gasteiger partial charge is 0.376 e. The molecule has 0 amide bonds. The lowest BCUT2D eigenvalue weighted by Crippen LogP contribution is -2.07. The third-order valence-corrected chi connectivity index (χ3v) is 3.80. The molecule has 2 aromatic heterocycles. The number of thiophene rings is 1. The van der Waals surface area contributed by atoms with Crippen LogP contribution in [0.4, 0.5) is 0 Å². The molecule has 0 saturated carbocycles. The van der Waals surface area contributed by atoms with Crippen molar-refractivity contribution >= 4 is 28.9 Å². The maximum absolute atomic E-state index is 11.9. The van der Waals surface area contributed by atoms with Gasteiger partial charge < -0.3 is 9.15 Å². The van der Waals surface area contributed by atoms with Gasteiger partial charge in [0, 0.05) is 0 Å². The van der Waals surface area contributed by atoms with Crippen LogP contribution in [0.3, 0.4) is 0 Å². The van der Waals surface area contributed by atoms with Crippen molar-refractivity contribution in [2.75, 3.05) is 6.61 Å². The molecule has 19 heavy (non-hydrogen) atoms. The van der Waals surface area contributed by atoms with Crippen LogP contribution >= 0.6 is 22.9 Å². The first kappa shape index (κ1) is 14.1. The van der Waals surface area contributed by atoms with Crippen LogP contribution in [0.15, 0.2) is 15.9 Å². The van der Waals surface area contributed by atoms with Crippen LogP contribution in [0.5, 0.6) is 0 Å². The number of oxazole rings is 1. The predicted molar refractivity (Wildman–Crippen MR) is 74.9 cm³/mol. The Bertz CT molecular complexity index is 588. The van der Waals surface area contributed by atoms with Crippen LogP contribution in [-0.4, -0.2) is 17.6 Å². The van der Waals surface area contributed by atoms with Gasteiger partial charge in [0.2, 0.25) is 11.7 Å². The molecule has 2 aromatic rings. The number of ether oxygens (including phenoxy) is 1. The summed E-state index contributed by atoms with van der Waals surface area (Å²) in [5.41, 5.74) is 0.595. The van der Waals surface area contributed by atoms with E-state index in [1.54, 1.807) is 13.0 Å². The number of hydrogen-bond donors (Lipinski definition) is 0.